The molecule has 3 heteroatoms. The van der Waals surface area contributed by atoms with E-state index >= 15 is 0 Å². The first-order valence-electron chi connectivity index (χ1n) is 6.33. The van der Waals surface area contributed by atoms with Crippen molar-refractivity contribution in [1.29, 1.82) is 0 Å². The van der Waals surface area contributed by atoms with Crippen LogP contribution in [-0.4, -0.2) is 31.8 Å². The minimum Gasteiger partial charge on any atom is -0.381 e. The summed E-state index contributed by atoms with van der Waals surface area (Å²) in [6, 6.07) is 1.18. The zero-order valence-electron chi connectivity index (χ0n) is 9.74. The fourth-order valence-corrected chi connectivity index (χ4v) is 2.93. The molecular formula is C12H24N2O. The highest BCUT2D eigenvalue weighted by Gasteiger charge is 2.29. The number of hydrogen-bond donors (Lipinski definition) is 2. The van der Waals surface area contributed by atoms with Gasteiger partial charge in [0.15, 0.2) is 0 Å². The number of rotatable bonds is 4. The summed E-state index contributed by atoms with van der Waals surface area (Å²) in [5, 5.41) is 3.73. The molecule has 3 N–H and O–H groups in total. The Morgan fingerprint density at radius 3 is 2.80 bits per heavy atom. The largest absolute Gasteiger partial charge is 0.381 e. The summed E-state index contributed by atoms with van der Waals surface area (Å²) >= 11 is 0. The molecule has 3 nitrogen and oxygen atoms in total. The fraction of sp³-hybridized carbons (Fsp3) is 1.00. The van der Waals surface area contributed by atoms with Gasteiger partial charge in [0.05, 0.1) is 6.61 Å². The van der Waals surface area contributed by atoms with E-state index < -0.39 is 0 Å². The molecule has 0 amide bonds. The van der Waals surface area contributed by atoms with Crippen molar-refractivity contribution in [2.75, 3.05) is 19.8 Å². The Hall–Kier alpha value is -0.120. The van der Waals surface area contributed by atoms with Gasteiger partial charge in [0.25, 0.3) is 0 Å². The third kappa shape index (κ3) is 2.92. The maximum absolute atomic E-state index is 5.85. The highest BCUT2D eigenvalue weighted by molar-refractivity contribution is 4.86. The normalized spacial score (nSPS) is 38.4. The number of nitrogens with one attached hydrogen (secondary N) is 1. The van der Waals surface area contributed by atoms with Gasteiger partial charge in [0.1, 0.15) is 0 Å². The van der Waals surface area contributed by atoms with Crippen LogP contribution in [-0.2, 0) is 4.74 Å². The minimum absolute atomic E-state index is 0.475. The van der Waals surface area contributed by atoms with Gasteiger partial charge in [0, 0.05) is 31.2 Å². The molecule has 15 heavy (non-hydrogen) atoms. The van der Waals surface area contributed by atoms with Crippen LogP contribution in [0.25, 0.3) is 0 Å². The predicted molar refractivity (Wildman–Crippen MR) is 61.7 cm³/mol. The summed E-state index contributed by atoms with van der Waals surface area (Å²) in [6.07, 6.45) is 5.20. The van der Waals surface area contributed by atoms with Gasteiger partial charge in [-0.1, -0.05) is 6.92 Å². The Morgan fingerprint density at radius 2 is 2.27 bits per heavy atom. The molecule has 2 rings (SSSR count). The third-order valence-electron chi connectivity index (χ3n) is 3.93. The van der Waals surface area contributed by atoms with E-state index in [4.69, 9.17) is 10.5 Å². The maximum Gasteiger partial charge on any atom is 0.0510 e. The van der Waals surface area contributed by atoms with E-state index in [1.807, 2.05) is 0 Å². The first-order valence-corrected chi connectivity index (χ1v) is 6.33. The SMILES string of the molecule is CC1CCC(NC(CN)C2CCOC2)C1. The van der Waals surface area contributed by atoms with Crippen LogP contribution in [0.4, 0.5) is 0 Å². The zero-order chi connectivity index (χ0) is 10.7. The monoisotopic (exact) mass is 212 g/mol. The van der Waals surface area contributed by atoms with Crippen LogP contribution in [0, 0.1) is 11.8 Å². The lowest BCUT2D eigenvalue weighted by atomic mass is 9.98. The maximum atomic E-state index is 5.85. The molecular weight excluding hydrogens is 188 g/mol. The van der Waals surface area contributed by atoms with Crippen molar-refractivity contribution in [3.8, 4) is 0 Å². The molecule has 0 aromatic heterocycles. The molecule has 0 radical (unpaired) electrons. The molecule has 1 aliphatic heterocycles. The summed E-state index contributed by atoms with van der Waals surface area (Å²) in [4.78, 5) is 0. The first kappa shape index (κ1) is 11.4. The van der Waals surface area contributed by atoms with Gasteiger partial charge in [-0.2, -0.15) is 0 Å². The topological polar surface area (TPSA) is 47.3 Å². The summed E-state index contributed by atoms with van der Waals surface area (Å²) in [6.45, 7) is 4.91. The first-order chi connectivity index (χ1) is 7.29. The molecule has 0 aromatic rings. The highest BCUT2D eigenvalue weighted by atomic mass is 16.5. The number of nitrogens with two attached hydrogens (primary N) is 1. The lowest BCUT2D eigenvalue weighted by molar-refractivity contribution is 0.175. The van der Waals surface area contributed by atoms with Gasteiger partial charge in [-0.05, 0) is 31.6 Å². The molecule has 2 fully saturated rings. The van der Waals surface area contributed by atoms with Gasteiger partial charge in [-0.3, -0.25) is 0 Å². The van der Waals surface area contributed by atoms with Crippen LogP contribution in [0.3, 0.4) is 0 Å². The predicted octanol–water partition coefficient (Wildman–Crippen LogP) is 1.13. The molecule has 0 bridgehead atoms. The van der Waals surface area contributed by atoms with Crippen molar-refractivity contribution in [3.05, 3.63) is 0 Å². The molecule has 4 atom stereocenters. The fourth-order valence-electron chi connectivity index (χ4n) is 2.93. The lowest BCUT2D eigenvalue weighted by Gasteiger charge is -2.26. The van der Waals surface area contributed by atoms with E-state index in [0.717, 1.165) is 25.7 Å². The van der Waals surface area contributed by atoms with Crippen LogP contribution < -0.4 is 11.1 Å². The van der Waals surface area contributed by atoms with Gasteiger partial charge in [-0.25, -0.2) is 0 Å². The van der Waals surface area contributed by atoms with Crippen LogP contribution in [0.15, 0.2) is 0 Å². The standard InChI is InChI=1S/C12H24N2O/c1-9-2-3-11(6-9)14-12(7-13)10-4-5-15-8-10/h9-12,14H,2-8,13H2,1H3. The molecule has 1 saturated carbocycles. The average molecular weight is 212 g/mol. The van der Waals surface area contributed by atoms with Crippen molar-refractivity contribution in [2.24, 2.45) is 17.6 Å². The average Bonchev–Trinajstić information content (AvgIpc) is 2.85. The Morgan fingerprint density at radius 1 is 1.40 bits per heavy atom. The van der Waals surface area contributed by atoms with Crippen molar-refractivity contribution < 1.29 is 4.74 Å². The van der Waals surface area contributed by atoms with E-state index in [1.54, 1.807) is 0 Å². The smallest absolute Gasteiger partial charge is 0.0510 e. The van der Waals surface area contributed by atoms with E-state index in [1.165, 1.54) is 25.7 Å². The van der Waals surface area contributed by atoms with E-state index in [2.05, 4.69) is 12.2 Å². The summed E-state index contributed by atoms with van der Waals surface area (Å²) in [7, 11) is 0. The van der Waals surface area contributed by atoms with Crippen molar-refractivity contribution >= 4 is 0 Å². The third-order valence-corrected chi connectivity index (χ3v) is 3.93. The summed E-state index contributed by atoms with van der Waals surface area (Å²) in [5.41, 5.74) is 5.85. The van der Waals surface area contributed by atoms with Gasteiger partial charge in [-0.15, -0.1) is 0 Å². The quantitative estimate of drug-likeness (QED) is 0.734. The lowest BCUT2D eigenvalue weighted by Crippen LogP contribution is -2.46. The van der Waals surface area contributed by atoms with Gasteiger partial charge in [0.2, 0.25) is 0 Å². The van der Waals surface area contributed by atoms with Gasteiger partial charge < -0.3 is 15.8 Å². The second-order valence-electron chi connectivity index (χ2n) is 5.25. The minimum atomic E-state index is 0.475. The molecule has 4 unspecified atom stereocenters. The number of ether oxygens (including phenoxy) is 1. The Bertz CT molecular complexity index is 192. The Kier molecular flexibility index (Phi) is 4.00. The van der Waals surface area contributed by atoms with Crippen LogP contribution in [0.2, 0.25) is 0 Å². The molecule has 2 aliphatic rings. The molecule has 1 heterocycles. The van der Waals surface area contributed by atoms with Crippen LogP contribution in [0.1, 0.15) is 32.6 Å². The van der Waals surface area contributed by atoms with Gasteiger partial charge >= 0.3 is 0 Å². The Labute approximate surface area is 92.7 Å². The zero-order valence-corrected chi connectivity index (χ0v) is 9.74. The molecule has 1 aliphatic carbocycles. The summed E-state index contributed by atoms with van der Waals surface area (Å²) < 4.78 is 5.43. The molecule has 0 aromatic carbocycles. The van der Waals surface area contributed by atoms with E-state index in [9.17, 15) is 0 Å². The molecule has 1 saturated heterocycles. The Balaban J connectivity index is 1.79. The van der Waals surface area contributed by atoms with E-state index in [0.29, 0.717) is 18.0 Å². The number of hydrogen-bond acceptors (Lipinski definition) is 3. The van der Waals surface area contributed by atoms with Crippen molar-refractivity contribution in [1.82, 2.24) is 5.32 Å². The van der Waals surface area contributed by atoms with Crippen LogP contribution in [0.5, 0.6) is 0 Å². The second kappa shape index (κ2) is 5.28. The molecule has 0 spiro atoms. The van der Waals surface area contributed by atoms with Crippen LogP contribution >= 0.6 is 0 Å². The summed E-state index contributed by atoms with van der Waals surface area (Å²) in [5.74, 6) is 1.53. The van der Waals surface area contributed by atoms with E-state index in [-0.39, 0.29) is 0 Å². The molecule has 88 valence electrons. The second-order valence-corrected chi connectivity index (χ2v) is 5.25. The van der Waals surface area contributed by atoms with Crippen molar-refractivity contribution in [2.45, 2.75) is 44.7 Å². The van der Waals surface area contributed by atoms with Crippen molar-refractivity contribution in [3.63, 3.8) is 0 Å². The highest BCUT2D eigenvalue weighted by Crippen LogP contribution is 2.26.